The molecule has 3 aromatic rings. The van der Waals surface area contributed by atoms with Crippen LogP contribution in [0.4, 0.5) is 4.39 Å². The number of rotatable bonds is 15. The molecule has 250 valence electrons. The number of methoxy groups -OCH3 is 1. The number of hydrogen-bond acceptors (Lipinski definition) is 11. The quantitative estimate of drug-likeness (QED) is 0.0633. The van der Waals surface area contributed by atoms with E-state index >= 15 is 4.39 Å². The smallest absolute Gasteiger partial charge is 0.547 e. The summed E-state index contributed by atoms with van der Waals surface area (Å²) in [5, 5.41) is 46.9. The molecule has 3 heterocycles. The molecular formula is C33H41FN3NaO9. The second-order valence-electron chi connectivity index (χ2n) is 11.8. The molecule has 5 rings (SSSR count). The number of aliphatic hydroxyl groups excluding tert-OH is 2. The summed E-state index contributed by atoms with van der Waals surface area (Å²) < 4.78 is 33.4. The standard InChI is InChI=1S/C33H42FN3O9.Na/c1-5-18(14-38)46-27(44-4)16-45-10-9-35-24-8-7-19-17(3)23(34)12-25-28(19)29(24)20-13-37-26(30(20)36-25)11-22(21(15-39)31(37)40)33(43,6-2)32(41)42;/h11-12,18,24,27,35,38-39,43H,5-10,13-16H2,1-4H3,(H,41,42);/q;+1/p-1/t18?,24-,27?,33-;/m0./s1. The van der Waals surface area contributed by atoms with E-state index in [4.69, 9.17) is 19.2 Å². The van der Waals surface area contributed by atoms with E-state index in [-0.39, 0.29) is 84.7 Å². The molecule has 4 atom stereocenters. The van der Waals surface area contributed by atoms with Crippen molar-refractivity contribution in [2.45, 2.75) is 83.6 Å². The summed E-state index contributed by atoms with van der Waals surface area (Å²) in [4.78, 5) is 30.5. The third kappa shape index (κ3) is 6.80. The van der Waals surface area contributed by atoms with Crippen molar-refractivity contribution < 1.29 is 73.4 Å². The van der Waals surface area contributed by atoms with Crippen LogP contribution < -0.4 is 45.5 Å². The molecule has 12 nitrogen and oxygen atoms in total. The number of pyridine rings is 2. The molecule has 2 unspecified atom stereocenters. The van der Waals surface area contributed by atoms with Gasteiger partial charge in [0, 0.05) is 47.8 Å². The number of ether oxygens (including phenoxy) is 3. The molecule has 0 radical (unpaired) electrons. The van der Waals surface area contributed by atoms with E-state index in [0.29, 0.717) is 49.2 Å². The summed E-state index contributed by atoms with van der Waals surface area (Å²) >= 11 is 0. The molecule has 4 N–H and O–H groups in total. The minimum Gasteiger partial charge on any atom is -0.547 e. The van der Waals surface area contributed by atoms with Crippen molar-refractivity contribution in [2.75, 3.05) is 33.5 Å². The molecule has 0 saturated heterocycles. The Bertz CT molecular complexity index is 1700. The Labute approximate surface area is 294 Å². The molecular weight excluding hydrogens is 624 g/mol. The number of halogens is 1. The van der Waals surface area contributed by atoms with Crippen LogP contribution in [-0.4, -0.2) is 76.7 Å². The van der Waals surface area contributed by atoms with Crippen LogP contribution in [0.1, 0.15) is 72.5 Å². The van der Waals surface area contributed by atoms with Crippen LogP contribution in [0.2, 0.25) is 0 Å². The minimum absolute atomic E-state index is 0. The summed E-state index contributed by atoms with van der Waals surface area (Å²) in [6.07, 6.45) is 0.591. The molecule has 1 aliphatic heterocycles. The number of nitrogens with zero attached hydrogens (tertiary/aromatic N) is 2. The van der Waals surface area contributed by atoms with Crippen LogP contribution in [0.5, 0.6) is 0 Å². The number of aromatic nitrogens is 2. The Morgan fingerprint density at radius 3 is 2.64 bits per heavy atom. The monoisotopic (exact) mass is 665 g/mol. The van der Waals surface area contributed by atoms with Crippen LogP contribution >= 0.6 is 0 Å². The average molecular weight is 666 g/mol. The van der Waals surface area contributed by atoms with Gasteiger partial charge in [0.15, 0.2) is 6.29 Å². The molecule has 0 bridgehead atoms. The summed E-state index contributed by atoms with van der Waals surface area (Å²) in [5.74, 6) is -2.18. The van der Waals surface area contributed by atoms with Crippen molar-refractivity contribution in [2.24, 2.45) is 0 Å². The van der Waals surface area contributed by atoms with Crippen molar-refractivity contribution >= 4 is 16.9 Å². The van der Waals surface area contributed by atoms with Crippen LogP contribution in [0, 0.1) is 12.7 Å². The minimum atomic E-state index is -2.51. The number of aliphatic carboxylic acids is 1. The topological polar surface area (TPSA) is 175 Å². The molecule has 0 fully saturated rings. The number of hydrogen-bond donors (Lipinski definition) is 4. The zero-order valence-corrected chi connectivity index (χ0v) is 29.5. The summed E-state index contributed by atoms with van der Waals surface area (Å²) in [6, 6.07) is 2.55. The van der Waals surface area contributed by atoms with Gasteiger partial charge < -0.3 is 49.3 Å². The summed E-state index contributed by atoms with van der Waals surface area (Å²) in [7, 11) is 1.51. The summed E-state index contributed by atoms with van der Waals surface area (Å²) in [6.45, 7) is 5.22. The van der Waals surface area contributed by atoms with Gasteiger partial charge >= 0.3 is 29.6 Å². The third-order valence-corrected chi connectivity index (χ3v) is 9.35. The third-order valence-electron chi connectivity index (χ3n) is 9.35. The van der Waals surface area contributed by atoms with E-state index in [2.05, 4.69) is 5.32 Å². The van der Waals surface area contributed by atoms with E-state index in [1.54, 1.807) is 6.92 Å². The Balaban J connectivity index is 0.00000500. The van der Waals surface area contributed by atoms with E-state index in [0.717, 1.165) is 22.1 Å². The Hall–Kier alpha value is -2.30. The first-order chi connectivity index (χ1) is 22.0. The van der Waals surface area contributed by atoms with Crippen LogP contribution in [0.15, 0.2) is 16.9 Å². The van der Waals surface area contributed by atoms with Gasteiger partial charge in [0.05, 0.1) is 62.0 Å². The second kappa shape index (κ2) is 15.5. The van der Waals surface area contributed by atoms with Gasteiger partial charge in [-0.3, -0.25) is 4.79 Å². The molecule has 14 heteroatoms. The number of carbonyl (C=O) groups is 1. The van der Waals surface area contributed by atoms with E-state index in [9.17, 15) is 30.0 Å². The first kappa shape index (κ1) is 37.5. The number of carboxylic acids is 1. The number of fused-ring (bicyclic) bond motifs is 4. The van der Waals surface area contributed by atoms with Gasteiger partial charge in [-0.2, -0.15) is 0 Å². The van der Waals surface area contributed by atoms with Gasteiger partial charge in [0.2, 0.25) is 0 Å². The molecule has 1 aliphatic carbocycles. The number of aryl methyl sites for hydroxylation is 1. The predicted octanol–water partition coefficient (Wildman–Crippen LogP) is -1.93. The van der Waals surface area contributed by atoms with Crippen molar-refractivity contribution in [1.29, 1.82) is 0 Å². The van der Waals surface area contributed by atoms with Crippen LogP contribution in [-0.2, 0) is 44.2 Å². The average Bonchev–Trinajstić information content (AvgIpc) is 3.43. The van der Waals surface area contributed by atoms with E-state index in [1.165, 1.54) is 30.7 Å². The number of nitrogens with one attached hydrogen (secondary N) is 1. The molecule has 1 aromatic carbocycles. The molecule has 0 spiro atoms. The predicted molar refractivity (Wildman–Crippen MR) is 163 cm³/mol. The van der Waals surface area contributed by atoms with Gasteiger partial charge in [-0.1, -0.05) is 13.8 Å². The molecule has 47 heavy (non-hydrogen) atoms. The number of carbonyl (C=O) groups excluding carboxylic acids is 1. The maximum absolute atomic E-state index is 15.1. The normalized spacial score (nSPS) is 17.5. The SMILES string of the molecule is CCC(CO)OC(COCCN[C@H]1CCc2c(C)c(F)cc3nc4c(c1c23)Cn1c-4cc([C@@](O)(CC)C(=O)[O-])c(CO)c1=O)OC.[Na+]. The van der Waals surface area contributed by atoms with Gasteiger partial charge in [-0.25, -0.2) is 9.37 Å². The van der Waals surface area contributed by atoms with E-state index < -0.39 is 35.8 Å². The van der Waals surface area contributed by atoms with Crippen molar-refractivity contribution in [3.05, 3.63) is 61.7 Å². The first-order valence-electron chi connectivity index (χ1n) is 15.6. The van der Waals surface area contributed by atoms with Gasteiger partial charge in [0.25, 0.3) is 5.56 Å². The fourth-order valence-corrected chi connectivity index (χ4v) is 6.65. The zero-order chi connectivity index (χ0) is 33.3. The molecule has 2 aromatic heterocycles. The Morgan fingerprint density at radius 1 is 1.28 bits per heavy atom. The fourth-order valence-electron chi connectivity index (χ4n) is 6.65. The number of aliphatic hydroxyl groups is 3. The maximum Gasteiger partial charge on any atom is 1.00 e. The summed E-state index contributed by atoms with van der Waals surface area (Å²) in [5.41, 5.74) is 0.411. The van der Waals surface area contributed by atoms with Gasteiger partial charge in [-0.15, -0.1) is 0 Å². The maximum atomic E-state index is 15.1. The zero-order valence-electron chi connectivity index (χ0n) is 27.5. The molecule has 2 aliphatic rings. The van der Waals surface area contributed by atoms with Gasteiger partial charge in [0.1, 0.15) is 11.4 Å². The fraction of sp³-hybridized carbons (Fsp3) is 0.545. The van der Waals surface area contributed by atoms with Crippen molar-refractivity contribution in [3.63, 3.8) is 0 Å². The Morgan fingerprint density at radius 2 is 2.02 bits per heavy atom. The first-order valence-corrected chi connectivity index (χ1v) is 15.6. The Kier molecular flexibility index (Phi) is 12.4. The molecule has 0 amide bonds. The van der Waals surface area contributed by atoms with Crippen LogP contribution in [0.3, 0.4) is 0 Å². The van der Waals surface area contributed by atoms with E-state index in [1.807, 2.05) is 6.92 Å². The van der Waals surface area contributed by atoms with Crippen molar-refractivity contribution in [3.8, 4) is 11.4 Å². The van der Waals surface area contributed by atoms with Crippen molar-refractivity contribution in [1.82, 2.24) is 14.9 Å². The van der Waals surface area contributed by atoms with Gasteiger partial charge in [-0.05, 0) is 55.4 Å². The largest absolute Gasteiger partial charge is 1.00 e. The molecule has 0 saturated carbocycles. The number of benzene rings is 1. The number of carboxylic acid groups (broad SMARTS) is 1. The van der Waals surface area contributed by atoms with Crippen LogP contribution in [0.25, 0.3) is 22.3 Å². The second-order valence-corrected chi connectivity index (χ2v) is 11.8.